The number of nitrogens with zero attached hydrogens (tertiary/aromatic N) is 3. The van der Waals surface area contributed by atoms with Gasteiger partial charge in [-0.05, 0) is 46.1 Å². The Hall–Kier alpha value is -1.54. The number of pyridine rings is 1. The Morgan fingerprint density at radius 3 is 2.38 bits per heavy atom. The Kier molecular flexibility index (Phi) is 6.22. The molecule has 3 N–H and O–H groups in total. The summed E-state index contributed by atoms with van der Waals surface area (Å²) in [5.41, 5.74) is 1.43. The average Bonchev–Trinajstić information content (AvgIpc) is 2.41. The van der Waals surface area contributed by atoms with Crippen molar-refractivity contribution in [3.63, 3.8) is 0 Å². The molecule has 0 bridgehead atoms. The number of aromatic nitrogens is 1. The normalized spacial score (nSPS) is 11.8. The van der Waals surface area contributed by atoms with E-state index in [9.17, 15) is 13.2 Å². The second kappa shape index (κ2) is 7.46. The van der Waals surface area contributed by atoms with Crippen LogP contribution in [0.1, 0.15) is 18.9 Å². The van der Waals surface area contributed by atoms with Gasteiger partial charge in [0.05, 0.1) is 5.56 Å². The van der Waals surface area contributed by atoms with Crippen LogP contribution in [0.5, 0.6) is 0 Å². The van der Waals surface area contributed by atoms with E-state index in [0.717, 1.165) is 25.1 Å². The van der Waals surface area contributed by atoms with Gasteiger partial charge in [-0.15, -0.1) is 0 Å². The Bertz CT molecular complexity index is 448. The van der Waals surface area contributed by atoms with Crippen molar-refractivity contribution in [3.8, 4) is 0 Å². The smallest absolute Gasteiger partial charge is 0.357 e. The monoisotopic (exact) mass is 305 g/mol. The van der Waals surface area contributed by atoms with Crippen molar-refractivity contribution in [2.24, 2.45) is 5.84 Å². The van der Waals surface area contributed by atoms with Crippen molar-refractivity contribution in [3.05, 3.63) is 17.7 Å². The van der Waals surface area contributed by atoms with Gasteiger partial charge in [-0.3, -0.25) is 0 Å². The molecule has 1 aromatic rings. The largest absolute Gasteiger partial charge is 0.416 e. The van der Waals surface area contributed by atoms with E-state index in [4.69, 9.17) is 5.84 Å². The molecular weight excluding hydrogens is 283 g/mol. The Morgan fingerprint density at radius 1 is 1.24 bits per heavy atom. The van der Waals surface area contributed by atoms with Gasteiger partial charge in [0, 0.05) is 13.1 Å². The first-order valence-corrected chi connectivity index (χ1v) is 6.73. The van der Waals surface area contributed by atoms with Crippen LogP contribution in [-0.2, 0) is 6.18 Å². The fourth-order valence-electron chi connectivity index (χ4n) is 1.93. The zero-order chi connectivity index (χ0) is 16.0. The molecule has 0 aliphatic heterocycles. The minimum atomic E-state index is -4.42. The van der Waals surface area contributed by atoms with Crippen LogP contribution in [0, 0.1) is 0 Å². The van der Waals surface area contributed by atoms with Gasteiger partial charge in [0.2, 0.25) is 0 Å². The first kappa shape index (κ1) is 17.5. The summed E-state index contributed by atoms with van der Waals surface area (Å²) >= 11 is 0. The molecule has 0 saturated heterocycles. The highest BCUT2D eigenvalue weighted by molar-refractivity contribution is 5.50. The molecule has 8 heteroatoms. The maximum absolute atomic E-state index is 12.9. The van der Waals surface area contributed by atoms with Gasteiger partial charge in [0.25, 0.3) is 0 Å². The average molecular weight is 305 g/mol. The van der Waals surface area contributed by atoms with Gasteiger partial charge >= 0.3 is 6.18 Å². The number of anilines is 2. The van der Waals surface area contributed by atoms with Crippen LogP contribution in [-0.4, -0.2) is 43.6 Å². The molecule has 0 spiro atoms. The highest BCUT2D eigenvalue weighted by Gasteiger charge is 2.32. The summed E-state index contributed by atoms with van der Waals surface area (Å²) < 4.78 is 38.7. The highest BCUT2D eigenvalue weighted by Crippen LogP contribution is 2.32. The van der Waals surface area contributed by atoms with Crippen molar-refractivity contribution in [1.29, 1.82) is 0 Å². The SMILES string of the molecule is CCN(CCCN(C)C)c1cc(C(F)(F)F)cc(NN)n1. The molecule has 21 heavy (non-hydrogen) atoms. The molecule has 0 unspecified atom stereocenters. The number of halogens is 3. The third-order valence-electron chi connectivity index (χ3n) is 3.03. The molecule has 0 aromatic carbocycles. The van der Waals surface area contributed by atoms with E-state index >= 15 is 0 Å². The van der Waals surface area contributed by atoms with Crippen molar-refractivity contribution < 1.29 is 13.2 Å². The Balaban J connectivity index is 2.97. The summed E-state index contributed by atoms with van der Waals surface area (Å²) in [6.07, 6.45) is -3.59. The van der Waals surface area contributed by atoms with E-state index < -0.39 is 11.7 Å². The lowest BCUT2D eigenvalue weighted by atomic mass is 10.2. The molecule has 1 heterocycles. The minimum Gasteiger partial charge on any atom is -0.357 e. The van der Waals surface area contributed by atoms with E-state index in [1.165, 1.54) is 0 Å². The number of hydrogen-bond donors (Lipinski definition) is 2. The van der Waals surface area contributed by atoms with Crippen molar-refractivity contribution >= 4 is 11.6 Å². The number of rotatable bonds is 7. The van der Waals surface area contributed by atoms with Gasteiger partial charge in [-0.25, -0.2) is 10.8 Å². The molecule has 0 aliphatic rings. The number of alkyl halides is 3. The summed E-state index contributed by atoms with van der Waals surface area (Å²) in [6.45, 7) is 3.95. The standard InChI is InChI=1S/C13H22F3N5/c1-4-21(7-5-6-20(2)3)12-9-10(13(14,15)16)8-11(18-12)19-17/h8-9H,4-7,17H2,1-3H3,(H,18,19). The lowest BCUT2D eigenvalue weighted by Crippen LogP contribution is -2.28. The number of nitrogens with two attached hydrogens (primary N) is 1. The van der Waals surface area contributed by atoms with E-state index in [-0.39, 0.29) is 11.6 Å². The molecule has 0 radical (unpaired) electrons. The molecule has 0 atom stereocenters. The van der Waals surface area contributed by atoms with Crippen molar-refractivity contribution in [2.45, 2.75) is 19.5 Å². The van der Waals surface area contributed by atoms with Crippen LogP contribution in [0.25, 0.3) is 0 Å². The molecule has 0 saturated carbocycles. The number of hydrazine groups is 1. The zero-order valence-electron chi connectivity index (χ0n) is 12.5. The third-order valence-corrected chi connectivity index (χ3v) is 3.03. The molecule has 0 aliphatic carbocycles. The maximum Gasteiger partial charge on any atom is 0.416 e. The molecule has 5 nitrogen and oxygen atoms in total. The molecule has 1 aromatic heterocycles. The van der Waals surface area contributed by atoms with Crippen LogP contribution in [0.15, 0.2) is 12.1 Å². The van der Waals surface area contributed by atoms with Crippen molar-refractivity contribution in [2.75, 3.05) is 44.1 Å². The second-order valence-corrected chi connectivity index (χ2v) is 4.98. The van der Waals surface area contributed by atoms with Crippen LogP contribution < -0.4 is 16.2 Å². The Morgan fingerprint density at radius 2 is 1.90 bits per heavy atom. The first-order chi connectivity index (χ1) is 9.77. The van der Waals surface area contributed by atoms with Crippen LogP contribution >= 0.6 is 0 Å². The molecular formula is C13H22F3N5. The summed E-state index contributed by atoms with van der Waals surface area (Å²) in [5.74, 6) is 5.49. The molecule has 0 amide bonds. The van der Waals surface area contributed by atoms with Crippen LogP contribution in [0.2, 0.25) is 0 Å². The maximum atomic E-state index is 12.9. The molecule has 120 valence electrons. The van der Waals surface area contributed by atoms with Crippen LogP contribution in [0.4, 0.5) is 24.8 Å². The van der Waals surface area contributed by atoms with E-state index in [0.29, 0.717) is 13.1 Å². The predicted molar refractivity (Wildman–Crippen MR) is 78.1 cm³/mol. The first-order valence-electron chi connectivity index (χ1n) is 6.73. The highest BCUT2D eigenvalue weighted by atomic mass is 19.4. The van der Waals surface area contributed by atoms with Gasteiger partial charge in [0.1, 0.15) is 11.6 Å². The fourth-order valence-corrected chi connectivity index (χ4v) is 1.93. The van der Waals surface area contributed by atoms with Gasteiger partial charge in [0.15, 0.2) is 0 Å². The van der Waals surface area contributed by atoms with Gasteiger partial charge in [-0.2, -0.15) is 13.2 Å². The summed E-state index contributed by atoms with van der Waals surface area (Å²) in [4.78, 5) is 7.94. The molecule has 1 rings (SSSR count). The quantitative estimate of drug-likeness (QED) is 0.597. The van der Waals surface area contributed by atoms with Gasteiger partial charge < -0.3 is 15.2 Å². The van der Waals surface area contributed by atoms with E-state index in [1.807, 2.05) is 25.9 Å². The van der Waals surface area contributed by atoms with E-state index in [2.05, 4.69) is 10.4 Å². The van der Waals surface area contributed by atoms with Gasteiger partial charge in [-0.1, -0.05) is 0 Å². The summed E-state index contributed by atoms with van der Waals surface area (Å²) in [6, 6.07) is 1.96. The molecule has 0 fully saturated rings. The summed E-state index contributed by atoms with van der Waals surface area (Å²) in [7, 11) is 3.91. The Labute approximate surface area is 122 Å². The zero-order valence-corrected chi connectivity index (χ0v) is 12.5. The second-order valence-electron chi connectivity index (χ2n) is 4.98. The lowest BCUT2D eigenvalue weighted by Gasteiger charge is -2.24. The summed E-state index contributed by atoms with van der Waals surface area (Å²) in [5, 5.41) is 0. The van der Waals surface area contributed by atoms with Crippen molar-refractivity contribution in [1.82, 2.24) is 9.88 Å². The lowest BCUT2D eigenvalue weighted by molar-refractivity contribution is -0.137. The number of nitrogens with one attached hydrogen (secondary N) is 1. The number of nitrogen functional groups attached to an aromatic ring is 1. The van der Waals surface area contributed by atoms with E-state index in [1.54, 1.807) is 4.90 Å². The third kappa shape index (κ3) is 5.39. The van der Waals surface area contributed by atoms with Crippen LogP contribution in [0.3, 0.4) is 0 Å². The minimum absolute atomic E-state index is 0.00545. The topological polar surface area (TPSA) is 57.4 Å². The fraction of sp³-hybridized carbons (Fsp3) is 0.615. The predicted octanol–water partition coefficient (Wildman–Crippen LogP) is 2.16. The number of hydrogen-bond acceptors (Lipinski definition) is 5.